The maximum absolute atomic E-state index is 14.4. The average Bonchev–Trinajstić information content (AvgIpc) is 2.66. The molecule has 0 amide bonds. The van der Waals surface area contributed by atoms with Gasteiger partial charge in [0.15, 0.2) is 0 Å². The SMILES string of the molecule is CN(C)CCC(F)(F)c1cccc(B2OC(C)(C)C(C)(C)O2)c1. The minimum absolute atomic E-state index is 0.00608. The number of hydrogen-bond acceptors (Lipinski definition) is 3. The molecule has 2 rings (SSSR count). The van der Waals surface area contributed by atoms with E-state index in [1.807, 2.05) is 27.7 Å². The highest BCUT2D eigenvalue weighted by molar-refractivity contribution is 6.62. The number of hydrogen-bond donors (Lipinski definition) is 0. The van der Waals surface area contributed by atoms with Gasteiger partial charge in [0.25, 0.3) is 5.92 Å². The van der Waals surface area contributed by atoms with Crippen LogP contribution in [0.15, 0.2) is 24.3 Å². The zero-order chi connectivity index (χ0) is 17.5. The van der Waals surface area contributed by atoms with Crippen LogP contribution in [0.5, 0.6) is 0 Å². The second-order valence-corrected chi connectivity index (χ2v) is 7.47. The van der Waals surface area contributed by atoms with Crippen LogP contribution in [0, 0.1) is 0 Å². The third-order valence-electron chi connectivity index (χ3n) is 4.71. The topological polar surface area (TPSA) is 21.7 Å². The normalized spacial score (nSPS) is 20.3. The summed E-state index contributed by atoms with van der Waals surface area (Å²) in [6, 6.07) is 6.37. The van der Waals surface area contributed by atoms with Crippen molar-refractivity contribution in [1.82, 2.24) is 4.90 Å². The molecule has 6 heteroatoms. The molecule has 0 spiro atoms. The number of rotatable bonds is 5. The molecule has 1 fully saturated rings. The van der Waals surface area contributed by atoms with Gasteiger partial charge in [0.1, 0.15) is 0 Å². The zero-order valence-corrected chi connectivity index (χ0v) is 14.8. The van der Waals surface area contributed by atoms with E-state index in [-0.39, 0.29) is 12.0 Å². The largest absolute Gasteiger partial charge is 0.494 e. The fourth-order valence-corrected chi connectivity index (χ4v) is 2.40. The van der Waals surface area contributed by atoms with Gasteiger partial charge in [0.2, 0.25) is 0 Å². The molecular formula is C17H26BF2NO2. The molecule has 128 valence electrons. The van der Waals surface area contributed by atoms with Crippen molar-refractivity contribution in [2.45, 2.75) is 51.2 Å². The quantitative estimate of drug-likeness (QED) is 0.777. The van der Waals surface area contributed by atoms with Crippen LogP contribution in [0.3, 0.4) is 0 Å². The second-order valence-electron chi connectivity index (χ2n) is 7.47. The maximum Gasteiger partial charge on any atom is 0.494 e. The summed E-state index contributed by atoms with van der Waals surface area (Å²) < 4.78 is 40.6. The Hall–Kier alpha value is -0.975. The van der Waals surface area contributed by atoms with Gasteiger partial charge in [0, 0.05) is 18.5 Å². The average molecular weight is 325 g/mol. The molecule has 1 aromatic rings. The van der Waals surface area contributed by atoms with Crippen LogP contribution in [0.4, 0.5) is 8.78 Å². The first-order chi connectivity index (χ1) is 10.4. The van der Waals surface area contributed by atoms with Crippen molar-refractivity contribution in [2.24, 2.45) is 0 Å². The summed E-state index contributed by atoms with van der Waals surface area (Å²) in [6.07, 6.45) is -0.215. The van der Waals surface area contributed by atoms with Gasteiger partial charge in [-0.3, -0.25) is 0 Å². The van der Waals surface area contributed by atoms with Gasteiger partial charge in [-0.2, -0.15) is 0 Å². The lowest BCUT2D eigenvalue weighted by Crippen LogP contribution is -2.41. The minimum atomic E-state index is -2.87. The van der Waals surface area contributed by atoms with Crippen LogP contribution in [-0.2, 0) is 15.2 Å². The lowest BCUT2D eigenvalue weighted by molar-refractivity contribution is -0.0187. The van der Waals surface area contributed by atoms with Gasteiger partial charge in [0.05, 0.1) is 11.2 Å². The van der Waals surface area contributed by atoms with E-state index < -0.39 is 24.2 Å². The van der Waals surface area contributed by atoms with Crippen LogP contribution in [-0.4, -0.2) is 43.9 Å². The smallest absolute Gasteiger partial charge is 0.399 e. The summed E-state index contributed by atoms with van der Waals surface area (Å²) in [4.78, 5) is 1.76. The summed E-state index contributed by atoms with van der Waals surface area (Å²) in [6.45, 7) is 8.11. The van der Waals surface area contributed by atoms with Gasteiger partial charge in [-0.25, -0.2) is 8.78 Å². The number of benzene rings is 1. The molecule has 0 N–H and O–H groups in total. The Kier molecular flexibility index (Phi) is 4.91. The first kappa shape index (κ1) is 18.4. The van der Waals surface area contributed by atoms with Crippen molar-refractivity contribution >= 4 is 12.6 Å². The molecule has 1 heterocycles. The van der Waals surface area contributed by atoms with Crippen LogP contribution in [0.25, 0.3) is 0 Å². The molecule has 0 aromatic heterocycles. The van der Waals surface area contributed by atoms with E-state index >= 15 is 0 Å². The first-order valence-electron chi connectivity index (χ1n) is 7.93. The van der Waals surface area contributed by atoms with E-state index in [1.54, 1.807) is 31.1 Å². The van der Waals surface area contributed by atoms with Crippen molar-refractivity contribution < 1.29 is 18.1 Å². The van der Waals surface area contributed by atoms with Crippen LogP contribution < -0.4 is 5.46 Å². The van der Waals surface area contributed by atoms with Gasteiger partial charge in [-0.1, -0.05) is 24.3 Å². The molecule has 0 radical (unpaired) electrons. The summed E-state index contributed by atoms with van der Waals surface area (Å²) in [5, 5.41) is 0. The molecule has 0 unspecified atom stereocenters. The van der Waals surface area contributed by atoms with Crippen LogP contribution in [0.2, 0.25) is 0 Å². The fraction of sp³-hybridized carbons (Fsp3) is 0.647. The molecule has 23 heavy (non-hydrogen) atoms. The molecular weight excluding hydrogens is 299 g/mol. The lowest BCUT2D eigenvalue weighted by atomic mass is 9.78. The van der Waals surface area contributed by atoms with E-state index in [9.17, 15) is 8.78 Å². The Labute approximate surface area is 138 Å². The number of nitrogens with zero attached hydrogens (tertiary/aromatic N) is 1. The summed E-state index contributed by atoms with van der Waals surface area (Å²) in [5.41, 5.74) is -0.334. The van der Waals surface area contributed by atoms with Crippen molar-refractivity contribution in [3.05, 3.63) is 29.8 Å². The van der Waals surface area contributed by atoms with Gasteiger partial charge >= 0.3 is 7.12 Å². The first-order valence-corrected chi connectivity index (χ1v) is 7.93. The summed E-state index contributed by atoms with van der Waals surface area (Å²) in [7, 11) is 2.96. The lowest BCUT2D eigenvalue weighted by Gasteiger charge is -2.32. The Bertz CT molecular complexity index is 545. The molecule has 1 aliphatic heterocycles. The third kappa shape index (κ3) is 3.93. The highest BCUT2D eigenvalue weighted by atomic mass is 19.3. The van der Waals surface area contributed by atoms with Gasteiger partial charge < -0.3 is 14.2 Å². The molecule has 1 aliphatic rings. The molecule has 0 atom stereocenters. The molecule has 3 nitrogen and oxygen atoms in total. The van der Waals surface area contributed by atoms with E-state index in [0.717, 1.165) is 0 Å². The monoisotopic (exact) mass is 325 g/mol. The second kappa shape index (κ2) is 6.15. The van der Waals surface area contributed by atoms with Crippen LogP contribution >= 0.6 is 0 Å². The van der Waals surface area contributed by atoms with Crippen molar-refractivity contribution in [1.29, 1.82) is 0 Å². The Morgan fingerprint density at radius 1 is 1.09 bits per heavy atom. The maximum atomic E-state index is 14.4. The number of alkyl halides is 2. The van der Waals surface area contributed by atoms with Gasteiger partial charge in [-0.05, 0) is 47.3 Å². The summed E-state index contributed by atoms with van der Waals surface area (Å²) in [5.74, 6) is -2.87. The molecule has 1 aromatic carbocycles. The number of halogens is 2. The minimum Gasteiger partial charge on any atom is -0.399 e. The van der Waals surface area contributed by atoms with Crippen molar-refractivity contribution in [3.63, 3.8) is 0 Å². The predicted molar refractivity (Wildman–Crippen MR) is 89.2 cm³/mol. The Morgan fingerprint density at radius 2 is 1.65 bits per heavy atom. The standard InChI is InChI=1S/C17H26BF2NO2/c1-15(2)16(3,4)23-18(22-15)14-9-7-8-13(12-14)17(19,20)10-11-21(5)6/h7-9,12H,10-11H2,1-6H3. The van der Waals surface area contributed by atoms with E-state index in [0.29, 0.717) is 12.0 Å². The third-order valence-corrected chi connectivity index (χ3v) is 4.71. The zero-order valence-electron chi connectivity index (χ0n) is 14.8. The van der Waals surface area contributed by atoms with Gasteiger partial charge in [-0.15, -0.1) is 0 Å². The Morgan fingerprint density at radius 3 is 2.17 bits per heavy atom. The predicted octanol–water partition coefficient (Wildman–Crippen LogP) is 3.03. The molecule has 1 saturated heterocycles. The highest BCUT2D eigenvalue weighted by Gasteiger charge is 2.51. The van der Waals surface area contributed by atoms with E-state index in [2.05, 4.69) is 0 Å². The molecule has 0 bridgehead atoms. The summed E-state index contributed by atoms with van der Waals surface area (Å²) >= 11 is 0. The Balaban J connectivity index is 2.21. The molecule has 0 aliphatic carbocycles. The van der Waals surface area contributed by atoms with Crippen LogP contribution in [0.1, 0.15) is 39.7 Å². The highest BCUT2D eigenvalue weighted by Crippen LogP contribution is 2.37. The van der Waals surface area contributed by atoms with E-state index in [4.69, 9.17) is 9.31 Å². The molecule has 0 saturated carbocycles. The van der Waals surface area contributed by atoms with Crippen molar-refractivity contribution in [2.75, 3.05) is 20.6 Å². The van der Waals surface area contributed by atoms with Crippen molar-refractivity contribution in [3.8, 4) is 0 Å². The fourth-order valence-electron chi connectivity index (χ4n) is 2.40. The van der Waals surface area contributed by atoms with E-state index in [1.165, 1.54) is 12.1 Å².